The Hall–Kier alpha value is -1.47. The van der Waals surface area contributed by atoms with E-state index in [2.05, 4.69) is 4.98 Å². The molecule has 5 nitrogen and oxygen atoms in total. The van der Waals surface area contributed by atoms with Crippen LogP contribution in [0.5, 0.6) is 5.75 Å². The SMILES string of the molecule is CCn1ccnc1SCCS(=O)(=O)c1cccc(OC)c1. The van der Waals surface area contributed by atoms with Crippen LogP contribution in [0.4, 0.5) is 0 Å². The summed E-state index contributed by atoms with van der Waals surface area (Å²) in [5.74, 6) is 1.09. The monoisotopic (exact) mass is 326 g/mol. The number of rotatable bonds is 7. The Morgan fingerprint density at radius 2 is 2.19 bits per heavy atom. The van der Waals surface area contributed by atoms with Crippen molar-refractivity contribution in [1.29, 1.82) is 0 Å². The van der Waals surface area contributed by atoms with Crippen LogP contribution in [0.1, 0.15) is 6.92 Å². The number of imidazole rings is 1. The van der Waals surface area contributed by atoms with Gasteiger partial charge < -0.3 is 9.30 Å². The van der Waals surface area contributed by atoms with Gasteiger partial charge in [-0.05, 0) is 25.1 Å². The summed E-state index contributed by atoms with van der Waals surface area (Å²) in [5.41, 5.74) is 0. The van der Waals surface area contributed by atoms with Gasteiger partial charge in [0.15, 0.2) is 15.0 Å². The van der Waals surface area contributed by atoms with Gasteiger partial charge in [0.1, 0.15) is 5.75 Å². The molecule has 114 valence electrons. The van der Waals surface area contributed by atoms with Gasteiger partial charge in [0.05, 0.1) is 17.8 Å². The van der Waals surface area contributed by atoms with Gasteiger partial charge in [0.25, 0.3) is 0 Å². The Balaban J connectivity index is 2.01. The van der Waals surface area contributed by atoms with Gasteiger partial charge in [-0.25, -0.2) is 13.4 Å². The van der Waals surface area contributed by atoms with Crippen LogP contribution in [-0.2, 0) is 16.4 Å². The molecule has 1 aromatic carbocycles. The van der Waals surface area contributed by atoms with Crippen LogP contribution in [0.2, 0.25) is 0 Å². The topological polar surface area (TPSA) is 61.2 Å². The molecule has 0 aliphatic heterocycles. The molecule has 0 unspecified atom stereocenters. The largest absolute Gasteiger partial charge is 0.497 e. The minimum absolute atomic E-state index is 0.0708. The molecule has 7 heteroatoms. The first-order valence-electron chi connectivity index (χ1n) is 6.57. The second kappa shape index (κ2) is 7.00. The van der Waals surface area contributed by atoms with Gasteiger partial charge >= 0.3 is 0 Å². The number of benzene rings is 1. The maximum atomic E-state index is 12.3. The predicted molar refractivity (Wildman–Crippen MR) is 83.7 cm³/mol. The average molecular weight is 326 g/mol. The normalized spacial score (nSPS) is 11.5. The van der Waals surface area contributed by atoms with Crippen molar-refractivity contribution < 1.29 is 13.2 Å². The molecule has 0 saturated heterocycles. The van der Waals surface area contributed by atoms with E-state index in [4.69, 9.17) is 4.74 Å². The van der Waals surface area contributed by atoms with Crippen molar-refractivity contribution in [3.8, 4) is 5.75 Å². The van der Waals surface area contributed by atoms with E-state index < -0.39 is 9.84 Å². The van der Waals surface area contributed by atoms with Gasteiger partial charge in [-0.15, -0.1) is 0 Å². The molecule has 1 aromatic heterocycles. The van der Waals surface area contributed by atoms with Crippen molar-refractivity contribution in [2.24, 2.45) is 0 Å². The molecule has 0 atom stereocenters. The molecule has 0 radical (unpaired) electrons. The fourth-order valence-corrected chi connectivity index (χ4v) is 4.53. The number of hydrogen-bond donors (Lipinski definition) is 0. The molecule has 0 N–H and O–H groups in total. The highest BCUT2D eigenvalue weighted by Gasteiger charge is 2.15. The highest BCUT2D eigenvalue weighted by atomic mass is 32.2. The number of ether oxygens (including phenoxy) is 1. The van der Waals surface area contributed by atoms with Crippen LogP contribution in [0, 0.1) is 0 Å². The van der Waals surface area contributed by atoms with Gasteiger partial charge in [-0.3, -0.25) is 0 Å². The maximum absolute atomic E-state index is 12.3. The van der Waals surface area contributed by atoms with Crippen molar-refractivity contribution in [2.75, 3.05) is 18.6 Å². The van der Waals surface area contributed by atoms with Crippen molar-refractivity contribution in [1.82, 2.24) is 9.55 Å². The summed E-state index contributed by atoms with van der Waals surface area (Å²) in [6, 6.07) is 6.55. The first-order valence-corrected chi connectivity index (χ1v) is 9.21. The van der Waals surface area contributed by atoms with E-state index in [1.165, 1.54) is 18.9 Å². The third-order valence-electron chi connectivity index (χ3n) is 3.00. The van der Waals surface area contributed by atoms with E-state index >= 15 is 0 Å². The number of hydrogen-bond acceptors (Lipinski definition) is 5. The fraction of sp³-hybridized carbons (Fsp3) is 0.357. The van der Waals surface area contributed by atoms with E-state index in [0.29, 0.717) is 16.4 Å². The molecule has 0 amide bonds. The lowest BCUT2D eigenvalue weighted by molar-refractivity contribution is 0.413. The zero-order chi connectivity index (χ0) is 15.3. The summed E-state index contributed by atoms with van der Waals surface area (Å²) in [6.45, 7) is 2.85. The van der Waals surface area contributed by atoms with Crippen LogP contribution in [0.3, 0.4) is 0 Å². The quantitative estimate of drug-likeness (QED) is 0.732. The lowest BCUT2D eigenvalue weighted by Gasteiger charge is -2.07. The van der Waals surface area contributed by atoms with Gasteiger partial charge in [0, 0.05) is 24.7 Å². The van der Waals surface area contributed by atoms with Gasteiger partial charge in [-0.1, -0.05) is 17.8 Å². The van der Waals surface area contributed by atoms with Crippen molar-refractivity contribution in [3.63, 3.8) is 0 Å². The van der Waals surface area contributed by atoms with Crippen LogP contribution in [0.25, 0.3) is 0 Å². The smallest absolute Gasteiger partial charge is 0.179 e. The lowest BCUT2D eigenvalue weighted by atomic mass is 10.3. The number of aryl methyl sites for hydroxylation is 1. The van der Waals surface area contributed by atoms with E-state index in [1.54, 1.807) is 30.5 Å². The average Bonchev–Trinajstić information content (AvgIpc) is 2.94. The van der Waals surface area contributed by atoms with Crippen molar-refractivity contribution in [3.05, 3.63) is 36.7 Å². The minimum atomic E-state index is -3.30. The standard InChI is InChI=1S/C14H18N2O3S2/c1-3-16-8-7-15-14(16)20-9-10-21(17,18)13-6-4-5-12(11-13)19-2/h4-8,11H,3,9-10H2,1-2H3. The molecular formula is C14H18N2O3S2. The number of thioether (sulfide) groups is 1. The molecule has 0 aliphatic rings. The van der Waals surface area contributed by atoms with Crippen LogP contribution < -0.4 is 4.74 Å². The van der Waals surface area contributed by atoms with Crippen molar-refractivity contribution in [2.45, 2.75) is 23.5 Å². The first kappa shape index (κ1) is 15.9. The molecule has 1 heterocycles. The van der Waals surface area contributed by atoms with Crippen LogP contribution in [0.15, 0.2) is 46.7 Å². The Morgan fingerprint density at radius 1 is 1.38 bits per heavy atom. The molecule has 0 spiro atoms. The summed E-state index contributed by atoms with van der Waals surface area (Å²) >= 11 is 1.45. The molecule has 2 rings (SSSR count). The highest BCUT2D eigenvalue weighted by molar-refractivity contribution is 8.00. The Kier molecular flexibility index (Phi) is 5.30. The van der Waals surface area contributed by atoms with E-state index in [1.807, 2.05) is 17.7 Å². The van der Waals surface area contributed by atoms with Gasteiger partial charge in [-0.2, -0.15) is 0 Å². The minimum Gasteiger partial charge on any atom is -0.497 e. The van der Waals surface area contributed by atoms with Crippen LogP contribution >= 0.6 is 11.8 Å². The highest BCUT2D eigenvalue weighted by Crippen LogP contribution is 2.21. The zero-order valence-electron chi connectivity index (χ0n) is 12.0. The number of sulfone groups is 1. The second-order valence-electron chi connectivity index (χ2n) is 4.34. The van der Waals surface area contributed by atoms with E-state index in [-0.39, 0.29) is 5.75 Å². The Bertz CT molecular complexity index is 696. The molecule has 0 aliphatic carbocycles. The van der Waals surface area contributed by atoms with Crippen LogP contribution in [-0.4, -0.2) is 36.6 Å². The van der Waals surface area contributed by atoms with Crippen molar-refractivity contribution >= 4 is 21.6 Å². The lowest BCUT2D eigenvalue weighted by Crippen LogP contribution is -2.09. The molecule has 21 heavy (non-hydrogen) atoms. The first-order chi connectivity index (χ1) is 10.1. The predicted octanol–water partition coefficient (Wildman–Crippen LogP) is 2.48. The van der Waals surface area contributed by atoms with E-state index in [9.17, 15) is 8.42 Å². The third-order valence-corrected chi connectivity index (χ3v) is 5.98. The molecule has 0 bridgehead atoms. The Labute approximate surface area is 129 Å². The summed E-state index contributed by atoms with van der Waals surface area (Å²) < 4.78 is 31.6. The maximum Gasteiger partial charge on any atom is 0.179 e. The number of aromatic nitrogens is 2. The third kappa shape index (κ3) is 4.01. The summed E-state index contributed by atoms with van der Waals surface area (Å²) in [7, 11) is -1.78. The molecule has 0 fully saturated rings. The molecule has 0 saturated carbocycles. The number of methoxy groups -OCH3 is 1. The summed E-state index contributed by atoms with van der Waals surface area (Å²) in [4.78, 5) is 4.51. The van der Waals surface area contributed by atoms with Gasteiger partial charge in [0.2, 0.25) is 0 Å². The summed E-state index contributed by atoms with van der Waals surface area (Å²) in [6.07, 6.45) is 3.61. The second-order valence-corrected chi connectivity index (χ2v) is 7.51. The Morgan fingerprint density at radius 3 is 2.90 bits per heavy atom. The summed E-state index contributed by atoms with van der Waals surface area (Å²) in [5, 5.41) is 0.846. The fourth-order valence-electron chi connectivity index (χ4n) is 1.83. The van der Waals surface area contributed by atoms with E-state index in [0.717, 1.165) is 11.7 Å². The number of nitrogens with zero attached hydrogens (tertiary/aromatic N) is 2. The molecule has 2 aromatic rings. The zero-order valence-corrected chi connectivity index (χ0v) is 13.7. The molecular weight excluding hydrogens is 308 g/mol.